The third-order valence-electron chi connectivity index (χ3n) is 2.45. The molecule has 0 aromatic heterocycles. The second kappa shape index (κ2) is 5.19. The van der Waals surface area contributed by atoms with E-state index in [4.69, 9.17) is 5.73 Å². The minimum Gasteiger partial charge on any atom is -0.340 e. The van der Waals surface area contributed by atoms with Gasteiger partial charge in [0.1, 0.15) is 0 Å². The summed E-state index contributed by atoms with van der Waals surface area (Å²) in [6.07, 6.45) is 0.794. The molecule has 1 aliphatic rings. The van der Waals surface area contributed by atoms with Crippen molar-refractivity contribution in [2.24, 2.45) is 11.7 Å². The van der Waals surface area contributed by atoms with Crippen molar-refractivity contribution in [2.45, 2.75) is 13.3 Å². The maximum absolute atomic E-state index is 11.7. The number of piperazine rings is 1. The monoisotopic (exact) mass is 185 g/mol. The van der Waals surface area contributed by atoms with Crippen LogP contribution in [-0.4, -0.2) is 43.5 Å². The molecule has 1 heterocycles. The summed E-state index contributed by atoms with van der Waals surface area (Å²) in [5.41, 5.74) is 5.41. The fraction of sp³-hybridized carbons (Fsp3) is 0.889. The van der Waals surface area contributed by atoms with E-state index in [1.54, 1.807) is 0 Å². The van der Waals surface area contributed by atoms with Crippen LogP contribution in [0.15, 0.2) is 0 Å². The molecule has 76 valence electrons. The van der Waals surface area contributed by atoms with E-state index in [0.717, 1.165) is 32.6 Å². The van der Waals surface area contributed by atoms with E-state index < -0.39 is 0 Å². The number of nitrogens with one attached hydrogen (secondary N) is 1. The lowest BCUT2D eigenvalue weighted by Gasteiger charge is -2.29. The zero-order valence-electron chi connectivity index (χ0n) is 8.25. The van der Waals surface area contributed by atoms with Crippen LogP contribution in [0.1, 0.15) is 13.3 Å². The smallest absolute Gasteiger partial charge is 0.225 e. The highest BCUT2D eigenvalue weighted by atomic mass is 16.2. The standard InChI is InChI=1S/C9H19N3O/c1-8(2-3-10)9(13)12-6-4-11-5-7-12/h8,11H,2-7,10H2,1H3. The molecule has 1 amide bonds. The molecule has 4 nitrogen and oxygen atoms in total. The molecule has 1 saturated heterocycles. The van der Waals surface area contributed by atoms with Crippen LogP contribution in [0.2, 0.25) is 0 Å². The molecule has 0 aliphatic carbocycles. The van der Waals surface area contributed by atoms with Gasteiger partial charge in [-0.1, -0.05) is 6.92 Å². The van der Waals surface area contributed by atoms with Gasteiger partial charge in [0.15, 0.2) is 0 Å². The fourth-order valence-corrected chi connectivity index (χ4v) is 1.57. The van der Waals surface area contributed by atoms with Gasteiger partial charge in [0.05, 0.1) is 0 Å². The van der Waals surface area contributed by atoms with Crippen molar-refractivity contribution in [3.63, 3.8) is 0 Å². The summed E-state index contributed by atoms with van der Waals surface area (Å²) in [5, 5.41) is 3.22. The molecule has 1 fully saturated rings. The summed E-state index contributed by atoms with van der Waals surface area (Å²) in [4.78, 5) is 13.7. The van der Waals surface area contributed by atoms with Gasteiger partial charge in [-0.15, -0.1) is 0 Å². The van der Waals surface area contributed by atoms with E-state index in [9.17, 15) is 4.79 Å². The van der Waals surface area contributed by atoms with E-state index >= 15 is 0 Å². The molecule has 4 heteroatoms. The molecule has 3 N–H and O–H groups in total. The van der Waals surface area contributed by atoms with Crippen LogP contribution in [0.25, 0.3) is 0 Å². The normalized spacial score (nSPS) is 20.0. The van der Waals surface area contributed by atoms with Gasteiger partial charge in [-0.05, 0) is 13.0 Å². The van der Waals surface area contributed by atoms with Crippen LogP contribution in [0.4, 0.5) is 0 Å². The molecule has 0 saturated carbocycles. The van der Waals surface area contributed by atoms with Crippen molar-refractivity contribution >= 4 is 5.91 Å². The lowest BCUT2D eigenvalue weighted by Crippen LogP contribution is -2.48. The molecule has 1 aliphatic heterocycles. The lowest BCUT2D eigenvalue weighted by atomic mass is 10.1. The number of carbonyl (C=O) groups excluding carboxylic acids is 1. The molecule has 0 bridgehead atoms. The predicted octanol–water partition coefficient (Wildman–Crippen LogP) is -0.597. The Hall–Kier alpha value is -0.610. The van der Waals surface area contributed by atoms with Crippen molar-refractivity contribution in [3.05, 3.63) is 0 Å². The quantitative estimate of drug-likeness (QED) is 0.617. The number of nitrogens with zero attached hydrogens (tertiary/aromatic N) is 1. The van der Waals surface area contributed by atoms with E-state index in [1.165, 1.54) is 0 Å². The number of hydrogen-bond acceptors (Lipinski definition) is 3. The Morgan fingerprint density at radius 1 is 1.54 bits per heavy atom. The van der Waals surface area contributed by atoms with Gasteiger partial charge < -0.3 is 16.0 Å². The zero-order chi connectivity index (χ0) is 9.68. The van der Waals surface area contributed by atoms with Crippen LogP contribution in [-0.2, 0) is 4.79 Å². The first kappa shape index (κ1) is 10.5. The van der Waals surface area contributed by atoms with Crippen molar-refractivity contribution in [3.8, 4) is 0 Å². The summed E-state index contributed by atoms with van der Waals surface area (Å²) < 4.78 is 0. The fourth-order valence-electron chi connectivity index (χ4n) is 1.57. The highest BCUT2D eigenvalue weighted by molar-refractivity contribution is 5.78. The molecule has 1 unspecified atom stereocenters. The lowest BCUT2D eigenvalue weighted by molar-refractivity contribution is -0.135. The summed E-state index contributed by atoms with van der Waals surface area (Å²) >= 11 is 0. The molecule has 13 heavy (non-hydrogen) atoms. The highest BCUT2D eigenvalue weighted by Crippen LogP contribution is 2.06. The predicted molar refractivity (Wildman–Crippen MR) is 52.3 cm³/mol. The maximum atomic E-state index is 11.7. The molecule has 1 atom stereocenters. The van der Waals surface area contributed by atoms with Gasteiger partial charge in [-0.25, -0.2) is 0 Å². The van der Waals surface area contributed by atoms with Crippen LogP contribution in [0, 0.1) is 5.92 Å². The first-order valence-corrected chi connectivity index (χ1v) is 4.95. The van der Waals surface area contributed by atoms with Crippen LogP contribution >= 0.6 is 0 Å². The van der Waals surface area contributed by atoms with E-state index in [1.807, 2.05) is 11.8 Å². The van der Waals surface area contributed by atoms with Crippen LogP contribution in [0.5, 0.6) is 0 Å². The topological polar surface area (TPSA) is 58.4 Å². The Morgan fingerprint density at radius 3 is 2.69 bits per heavy atom. The number of amides is 1. The summed E-state index contributed by atoms with van der Waals surface area (Å²) in [7, 11) is 0. The largest absolute Gasteiger partial charge is 0.340 e. The van der Waals surface area contributed by atoms with E-state index in [0.29, 0.717) is 6.54 Å². The van der Waals surface area contributed by atoms with Gasteiger partial charge >= 0.3 is 0 Å². The summed E-state index contributed by atoms with van der Waals surface area (Å²) in [6, 6.07) is 0. The third kappa shape index (κ3) is 2.97. The number of carbonyl (C=O) groups is 1. The molecule has 0 aromatic carbocycles. The maximum Gasteiger partial charge on any atom is 0.225 e. The molecular formula is C9H19N3O. The van der Waals surface area contributed by atoms with Crippen molar-refractivity contribution in [1.82, 2.24) is 10.2 Å². The van der Waals surface area contributed by atoms with Crippen LogP contribution < -0.4 is 11.1 Å². The van der Waals surface area contributed by atoms with Crippen molar-refractivity contribution in [2.75, 3.05) is 32.7 Å². The van der Waals surface area contributed by atoms with Gasteiger partial charge in [0.25, 0.3) is 0 Å². The molecule has 0 aromatic rings. The van der Waals surface area contributed by atoms with Gasteiger partial charge in [-0.3, -0.25) is 4.79 Å². The average molecular weight is 185 g/mol. The molecule has 0 spiro atoms. The van der Waals surface area contributed by atoms with E-state index in [2.05, 4.69) is 5.32 Å². The average Bonchev–Trinajstić information content (AvgIpc) is 2.18. The van der Waals surface area contributed by atoms with Crippen molar-refractivity contribution in [1.29, 1.82) is 0 Å². The first-order valence-electron chi connectivity index (χ1n) is 4.95. The minimum absolute atomic E-state index is 0.0862. The molecule has 1 rings (SSSR count). The Labute approximate surface area is 79.5 Å². The third-order valence-corrected chi connectivity index (χ3v) is 2.45. The number of hydrogen-bond donors (Lipinski definition) is 2. The van der Waals surface area contributed by atoms with E-state index in [-0.39, 0.29) is 11.8 Å². The summed E-state index contributed by atoms with van der Waals surface area (Å²) in [5.74, 6) is 0.343. The Morgan fingerprint density at radius 2 is 2.15 bits per heavy atom. The molecular weight excluding hydrogens is 166 g/mol. The van der Waals surface area contributed by atoms with Crippen LogP contribution in [0.3, 0.4) is 0 Å². The van der Waals surface area contributed by atoms with Gasteiger partial charge in [0, 0.05) is 32.1 Å². The Kier molecular flexibility index (Phi) is 4.18. The summed E-state index contributed by atoms with van der Waals surface area (Å²) in [6.45, 7) is 6.07. The second-order valence-corrected chi connectivity index (χ2v) is 3.55. The van der Waals surface area contributed by atoms with Gasteiger partial charge in [-0.2, -0.15) is 0 Å². The highest BCUT2D eigenvalue weighted by Gasteiger charge is 2.20. The first-order chi connectivity index (χ1) is 6.25. The Bertz CT molecular complexity index is 166. The molecule has 0 radical (unpaired) electrons. The second-order valence-electron chi connectivity index (χ2n) is 3.55. The minimum atomic E-state index is 0.0862. The Balaban J connectivity index is 2.36. The SMILES string of the molecule is CC(CCN)C(=O)N1CCNCC1. The van der Waals surface area contributed by atoms with Gasteiger partial charge in [0.2, 0.25) is 5.91 Å². The number of nitrogens with two attached hydrogens (primary N) is 1. The van der Waals surface area contributed by atoms with Crippen molar-refractivity contribution < 1.29 is 4.79 Å². The number of rotatable bonds is 3. The zero-order valence-corrected chi connectivity index (χ0v) is 8.25.